The predicted octanol–water partition coefficient (Wildman–Crippen LogP) is 3.47. The normalized spacial score (nSPS) is 12.0. The van der Waals surface area contributed by atoms with Crippen LogP contribution in [0.5, 0.6) is 0 Å². The Morgan fingerprint density at radius 3 is 2.62 bits per heavy atom. The molecule has 116 valence electrons. The summed E-state index contributed by atoms with van der Waals surface area (Å²) in [6, 6.07) is 0.775. The van der Waals surface area contributed by atoms with Crippen LogP contribution in [0, 0.1) is 17.5 Å². The highest BCUT2D eigenvalue weighted by molar-refractivity contribution is 7.92. The molecule has 0 aliphatic heterocycles. The molecular formula is C11H10ClF3N2O2S2. The second-order valence-electron chi connectivity index (χ2n) is 4.17. The molecule has 2 aromatic rings. The van der Waals surface area contributed by atoms with E-state index in [0.717, 1.165) is 17.4 Å². The first-order valence-electron chi connectivity index (χ1n) is 5.84. The van der Waals surface area contributed by atoms with Crippen LogP contribution in [0.3, 0.4) is 0 Å². The Kier molecular flexibility index (Phi) is 4.95. The molecule has 0 saturated heterocycles. The van der Waals surface area contributed by atoms with Gasteiger partial charge < -0.3 is 0 Å². The summed E-state index contributed by atoms with van der Waals surface area (Å²) >= 11 is 6.18. The summed E-state index contributed by atoms with van der Waals surface area (Å²) in [5.74, 6) is -4.24. The number of nitrogens with zero attached hydrogens (tertiary/aromatic N) is 1. The van der Waals surface area contributed by atoms with Crippen LogP contribution in [-0.2, 0) is 10.0 Å². The molecule has 10 heteroatoms. The summed E-state index contributed by atoms with van der Waals surface area (Å²) in [6.07, 6.45) is 0.898. The third-order valence-corrected chi connectivity index (χ3v) is 5.21. The largest absolute Gasteiger partial charge is 0.259 e. The number of sulfonamides is 1. The molecule has 0 bridgehead atoms. The van der Waals surface area contributed by atoms with Gasteiger partial charge in [-0.2, -0.15) is 0 Å². The van der Waals surface area contributed by atoms with Crippen LogP contribution in [0.15, 0.2) is 6.07 Å². The number of nitrogens with one attached hydrogen (secondary N) is 1. The van der Waals surface area contributed by atoms with E-state index >= 15 is 0 Å². The number of unbranched alkanes of at least 4 members (excludes halogenated alkanes) is 1. The van der Waals surface area contributed by atoms with Crippen molar-refractivity contribution in [3.63, 3.8) is 0 Å². The minimum absolute atomic E-state index is 0.0184. The summed E-state index contributed by atoms with van der Waals surface area (Å²) in [5, 5.41) is -0.139. The fourth-order valence-electron chi connectivity index (χ4n) is 1.59. The summed E-state index contributed by atoms with van der Waals surface area (Å²) in [6.45, 7) is 0. The van der Waals surface area contributed by atoms with Crippen molar-refractivity contribution in [3.05, 3.63) is 23.5 Å². The van der Waals surface area contributed by atoms with Gasteiger partial charge in [0.2, 0.25) is 10.0 Å². The molecule has 0 spiro atoms. The van der Waals surface area contributed by atoms with Crippen molar-refractivity contribution >= 4 is 48.3 Å². The van der Waals surface area contributed by atoms with E-state index in [9.17, 15) is 21.6 Å². The molecule has 0 aliphatic rings. The highest BCUT2D eigenvalue weighted by Crippen LogP contribution is 2.30. The quantitative estimate of drug-likeness (QED) is 0.488. The molecule has 0 fully saturated rings. The predicted molar refractivity (Wildman–Crippen MR) is 76.9 cm³/mol. The van der Waals surface area contributed by atoms with Crippen molar-refractivity contribution < 1.29 is 21.6 Å². The SMILES string of the molecule is O=S(=O)(CCCCCl)Nc1nc2c(F)c(F)c(F)cc2s1. The van der Waals surface area contributed by atoms with Gasteiger partial charge in [0, 0.05) is 5.88 Å². The van der Waals surface area contributed by atoms with Gasteiger partial charge in [0.25, 0.3) is 0 Å². The van der Waals surface area contributed by atoms with E-state index in [1.54, 1.807) is 0 Å². The maximum atomic E-state index is 13.5. The molecule has 0 atom stereocenters. The molecule has 1 aromatic carbocycles. The molecule has 1 N–H and O–H groups in total. The number of alkyl halides is 1. The highest BCUT2D eigenvalue weighted by atomic mass is 35.5. The van der Waals surface area contributed by atoms with Crippen LogP contribution in [0.1, 0.15) is 12.8 Å². The Hall–Kier alpha value is -1.06. The van der Waals surface area contributed by atoms with Crippen molar-refractivity contribution in [1.82, 2.24) is 4.98 Å². The van der Waals surface area contributed by atoms with Crippen LogP contribution < -0.4 is 4.72 Å². The molecular weight excluding hydrogens is 349 g/mol. The molecule has 0 radical (unpaired) electrons. The average Bonchev–Trinajstić information content (AvgIpc) is 2.78. The number of fused-ring (bicyclic) bond motifs is 1. The number of rotatable bonds is 6. The van der Waals surface area contributed by atoms with Crippen LogP contribution in [0.25, 0.3) is 10.2 Å². The topological polar surface area (TPSA) is 59.1 Å². The van der Waals surface area contributed by atoms with E-state index in [4.69, 9.17) is 11.6 Å². The molecule has 0 unspecified atom stereocenters. The first-order chi connectivity index (χ1) is 9.84. The maximum Gasteiger partial charge on any atom is 0.234 e. The Morgan fingerprint density at radius 2 is 1.95 bits per heavy atom. The van der Waals surface area contributed by atoms with Gasteiger partial charge in [-0.1, -0.05) is 11.3 Å². The molecule has 0 aliphatic carbocycles. The van der Waals surface area contributed by atoms with Crippen molar-refractivity contribution in [1.29, 1.82) is 0 Å². The number of benzene rings is 1. The van der Waals surface area contributed by atoms with E-state index in [1.807, 2.05) is 0 Å². The first kappa shape index (κ1) is 16.3. The first-order valence-corrected chi connectivity index (χ1v) is 8.85. The summed E-state index contributed by atoms with van der Waals surface area (Å²) in [7, 11) is -3.66. The minimum Gasteiger partial charge on any atom is -0.259 e. The lowest BCUT2D eigenvalue weighted by atomic mass is 10.3. The van der Waals surface area contributed by atoms with E-state index in [1.165, 1.54) is 0 Å². The monoisotopic (exact) mass is 358 g/mol. The Bertz CT molecular complexity index is 764. The second kappa shape index (κ2) is 6.37. The third-order valence-electron chi connectivity index (χ3n) is 2.56. The highest BCUT2D eigenvalue weighted by Gasteiger charge is 2.19. The summed E-state index contributed by atoms with van der Waals surface area (Å²) < 4.78 is 65.3. The van der Waals surface area contributed by atoms with Gasteiger partial charge in [-0.25, -0.2) is 26.6 Å². The minimum atomic E-state index is -3.66. The van der Waals surface area contributed by atoms with Crippen molar-refractivity contribution in [2.45, 2.75) is 12.8 Å². The van der Waals surface area contributed by atoms with E-state index in [0.29, 0.717) is 18.7 Å². The van der Waals surface area contributed by atoms with E-state index in [-0.39, 0.29) is 15.6 Å². The number of hydrogen-bond donors (Lipinski definition) is 1. The number of anilines is 1. The fraction of sp³-hybridized carbons (Fsp3) is 0.364. The zero-order valence-electron chi connectivity index (χ0n) is 10.5. The number of thiazole rings is 1. The van der Waals surface area contributed by atoms with E-state index in [2.05, 4.69) is 9.71 Å². The fourth-order valence-corrected chi connectivity index (χ4v) is 4.06. The molecule has 2 rings (SSSR count). The molecule has 0 saturated carbocycles. The van der Waals surface area contributed by atoms with Gasteiger partial charge in [-0.05, 0) is 18.9 Å². The van der Waals surface area contributed by atoms with Gasteiger partial charge >= 0.3 is 0 Å². The van der Waals surface area contributed by atoms with Gasteiger partial charge in [0.15, 0.2) is 22.6 Å². The van der Waals surface area contributed by atoms with Gasteiger partial charge in [0.05, 0.1) is 10.5 Å². The van der Waals surface area contributed by atoms with Gasteiger partial charge in [0.1, 0.15) is 5.52 Å². The standard InChI is InChI=1S/C11H10ClF3N2O2S2/c12-3-1-2-4-21(18,19)17-11-16-10-7(20-11)5-6(13)8(14)9(10)15/h5H,1-4H2,(H,16,17). The van der Waals surface area contributed by atoms with Gasteiger partial charge in [-0.15, -0.1) is 11.6 Å². The lowest BCUT2D eigenvalue weighted by Crippen LogP contribution is -2.16. The smallest absolute Gasteiger partial charge is 0.234 e. The Balaban J connectivity index is 2.26. The maximum absolute atomic E-state index is 13.5. The number of halogens is 4. The van der Waals surface area contributed by atoms with E-state index < -0.39 is 33.0 Å². The molecule has 1 heterocycles. The molecule has 21 heavy (non-hydrogen) atoms. The lowest BCUT2D eigenvalue weighted by Gasteiger charge is -2.03. The average molecular weight is 359 g/mol. The molecule has 1 aromatic heterocycles. The van der Waals surface area contributed by atoms with Crippen LogP contribution in [0.2, 0.25) is 0 Å². The lowest BCUT2D eigenvalue weighted by molar-refractivity contribution is 0.453. The van der Waals surface area contributed by atoms with Gasteiger partial charge in [-0.3, -0.25) is 4.72 Å². The molecule has 4 nitrogen and oxygen atoms in total. The third kappa shape index (κ3) is 3.78. The second-order valence-corrected chi connectivity index (χ2v) is 7.42. The number of hydrogen-bond acceptors (Lipinski definition) is 4. The Labute approximate surface area is 128 Å². The van der Waals surface area contributed by atoms with Crippen molar-refractivity contribution in [3.8, 4) is 0 Å². The van der Waals surface area contributed by atoms with Crippen molar-refractivity contribution in [2.24, 2.45) is 0 Å². The van der Waals surface area contributed by atoms with Crippen molar-refractivity contribution in [2.75, 3.05) is 16.4 Å². The van der Waals surface area contributed by atoms with Crippen LogP contribution in [0.4, 0.5) is 18.3 Å². The zero-order chi connectivity index (χ0) is 15.6. The Morgan fingerprint density at radius 1 is 1.24 bits per heavy atom. The zero-order valence-corrected chi connectivity index (χ0v) is 12.9. The summed E-state index contributed by atoms with van der Waals surface area (Å²) in [5.41, 5.74) is -0.405. The number of aromatic nitrogens is 1. The molecule has 0 amide bonds. The van der Waals surface area contributed by atoms with Crippen LogP contribution >= 0.6 is 22.9 Å². The van der Waals surface area contributed by atoms with Crippen LogP contribution in [-0.4, -0.2) is 25.0 Å². The summed E-state index contributed by atoms with van der Waals surface area (Å²) in [4.78, 5) is 3.65.